The molecular weight excluding hydrogens is 581 g/mol. The normalized spacial score (nSPS) is 12.7. The fourth-order valence-electron chi connectivity index (χ4n) is 7.56. The van der Waals surface area contributed by atoms with E-state index < -0.39 is 0 Å². The van der Waals surface area contributed by atoms with E-state index in [1.807, 2.05) is 0 Å². The summed E-state index contributed by atoms with van der Waals surface area (Å²) in [5, 5.41) is 0. The first-order chi connectivity index (χ1) is 23.7. The predicted octanol–water partition coefficient (Wildman–Crippen LogP) is 9.86. The lowest BCUT2D eigenvalue weighted by Gasteiger charge is -2.45. The molecule has 0 fully saturated rings. The van der Waals surface area contributed by atoms with Crippen LogP contribution in [0.2, 0.25) is 0 Å². The minimum atomic E-state index is 0.0866. The fraction of sp³-hybridized carbons (Fsp3) is 0.0455. The zero-order chi connectivity index (χ0) is 32.2. The summed E-state index contributed by atoms with van der Waals surface area (Å²) in [7, 11) is 0. The van der Waals surface area contributed by atoms with E-state index >= 15 is 0 Å². The lowest BCUT2D eigenvalue weighted by molar-refractivity contribution is 1.22. The second-order valence-electron chi connectivity index (χ2n) is 12.8. The molecule has 2 aliphatic rings. The minimum absolute atomic E-state index is 0.0866. The SMILES string of the molecule is Cc1ccc(N(c2ccc(C)cc2)c2cc3c4c(c2)N(c2ccccc2)c2ccccc2B4c2ccccc2N3c2ccccc2)cc1. The predicted molar refractivity (Wildman–Crippen MR) is 205 cm³/mol. The van der Waals surface area contributed by atoms with E-state index in [0.717, 1.165) is 28.4 Å². The van der Waals surface area contributed by atoms with Gasteiger partial charge in [0.2, 0.25) is 0 Å². The summed E-state index contributed by atoms with van der Waals surface area (Å²) in [6.45, 7) is 4.38. The van der Waals surface area contributed by atoms with E-state index in [2.05, 4.69) is 198 Å². The highest BCUT2D eigenvalue weighted by molar-refractivity contribution is 7.00. The van der Waals surface area contributed by atoms with Gasteiger partial charge in [0.15, 0.2) is 0 Å². The molecular formula is C44H34BN3. The number of nitrogens with zero attached hydrogens (tertiary/aromatic N) is 3. The van der Waals surface area contributed by atoms with E-state index in [1.54, 1.807) is 0 Å². The van der Waals surface area contributed by atoms with Crippen molar-refractivity contribution in [3.63, 3.8) is 0 Å². The maximum absolute atomic E-state index is 2.47. The van der Waals surface area contributed by atoms with Crippen molar-refractivity contribution in [1.29, 1.82) is 0 Å². The zero-order valence-electron chi connectivity index (χ0n) is 27.1. The lowest BCUT2D eigenvalue weighted by atomic mass is 9.33. The monoisotopic (exact) mass is 615 g/mol. The van der Waals surface area contributed by atoms with Gasteiger partial charge in [-0.2, -0.15) is 0 Å². The van der Waals surface area contributed by atoms with Crippen LogP contribution in [0.1, 0.15) is 11.1 Å². The third-order valence-electron chi connectivity index (χ3n) is 9.74. The van der Waals surface area contributed by atoms with Crippen LogP contribution in [0, 0.1) is 13.8 Å². The molecule has 228 valence electrons. The van der Waals surface area contributed by atoms with Gasteiger partial charge in [0.1, 0.15) is 0 Å². The quantitative estimate of drug-likeness (QED) is 0.179. The third kappa shape index (κ3) is 4.52. The van der Waals surface area contributed by atoms with Crippen LogP contribution in [-0.4, -0.2) is 6.71 Å². The molecule has 0 radical (unpaired) electrons. The summed E-state index contributed by atoms with van der Waals surface area (Å²) < 4.78 is 0. The van der Waals surface area contributed by atoms with Gasteiger partial charge in [0.25, 0.3) is 6.71 Å². The van der Waals surface area contributed by atoms with E-state index in [4.69, 9.17) is 0 Å². The van der Waals surface area contributed by atoms with E-state index in [-0.39, 0.29) is 6.71 Å². The van der Waals surface area contributed by atoms with Gasteiger partial charge in [-0.3, -0.25) is 0 Å². The van der Waals surface area contributed by atoms with Crippen molar-refractivity contribution < 1.29 is 0 Å². The van der Waals surface area contributed by atoms with Crippen molar-refractivity contribution in [2.45, 2.75) is 13.8 Å². The fourth-order valence-corrected chi connectivity index (χ4v) is 7.56. The molecule has 0 N–H and O–H groups in total. The molecule has 7 aromatic rings. The molecule has 0 amide bonds. The second kappa shape index (κ2) is 11.4. The highest BCUT2D eigenvalue weighted by Crippen LogP contribution is 2.47. The van der Waals surface area contributed by atoms with Crippen LogP contribution in [0.4, 0.5) is 51.2 Å². The van der Waals surface area contributed by atoms with Crippen molar-refractivity contribution in [1.82, 2.24) is 0 Å². The largest absolute Gasteiger partial charge is 0.311 e. The number of hydrogen-bond donors (Lipinski definition) is 0. The molecule has 0 bridgehead atoms. The molecule has 0 aromatic heterocycles. The summed E-state index contributed by atoms with van der Waals surface area (Å²) in [5.74, 6) is 0. The topological polar surface area (TPSA) is 9.72 Å². The standard InChI is InChI=1S/C44H34BN3/c1-31-21-25-35(26-22-31)46(36-27-23-32(2)24-28-36)37-29-42-44-43(30-37)48(34-15-7-4-8-16-34)41-20-12-10-18-39(41)45(44)38-17-9-11-19-40(38)47(42)33-13-5-3-6-14-33/h3-30H,1-2H3. The Morgan fingerprint density at radius 2 is 0.792 bits per heavy atom. The lowest BCUT2D eigenvalue weighted by Crippen LogP contribution is -2.61. The van der Waals surface area contributed by atoms with Gasteiger partial charge in [0, 0.05) is 45.5 Å². The third-order valence-corrected chi connectivity index (χ3v) is 9.74. The molecule has 0 atom stereocenters. The van der Waals surface area contributed by atoms with Gasteiger partial charge in [-0.05, 0) is 103 Å². The Labute approximate surface area is 283 Å². The average Bonchev–Trinajstić information content (AvgIpc) is 3.14. The molecule has 2 heterocycles. The highest BCUT2D eigenvalue weighted by Gasteiger charge is 2.43. The van der Waals surface area contributed by atoms with Crippen molar-refractivity contribution in [3.05, 3.63) is 181 Å². The number of benzene rings is 7. The highest BCUT2D eigenvalue weighted by atomic mass is 15.2. The minimum Gasteiger partial charge on any atom is -0.311 e. The zero-order valence-corrected chi connectivity index (χ0v) is 27.1. The van der Waals surface area contributed by atoms with Crippen LogP contribution < -0.4 is 31.1 Å². The molecule has 7 aromatic carbocycles. The van der Waals surface area contributed by atoms with Gasteiger partial charge in [-0.25, -0.2) is 0 Å². The van der Waals surface area contributed by atoms with Crippen LogP contribution in [0.15, 0.2) is 170 Å². The maximum Gasteiger partial charge on any atom is 0.252 e. The Bertz CT molecular complexity index is 2110. The molecule has 0 saturated heterocycles. The van der Waals surface area contributed by atoms with E-state index in [1.165, 1.54) is 50.3 Å². The van der Waals surface area contributed by atoms with Gasteiger partial charge in [0.05, 0.1) is 5.69 Å². The average molecular weight is 616 g/mol. The number of para-hydroxylation sites is 4. The molecule has 48 heavy (non-hydrogen) atoms. The van der Waals surface area contributed by atoms with Crippen LogP contribution in [0.3, 0.4) is 0 Å². The molecule has 9 rings (SSSR count). The number of fused-ring (bicyclic) bond motifs is 4. The number of rotatable bonds is 5. The van der Waals surface area contributed by atoms with Crippen molar-refractivity contribution in [3.8, 4) is 0 Å². The second-order valence-corrected chi connectivity index (χ2v) is 12.8. The van der Waals surface area contributed by atoms with Gasteiger partial charge < -0.3 is 14.7 Å². The van der Waals surface area contributed by atoms with Crippen LogP contribution in [-0.2, 0) is 0 Å². The Balaban J connectivity index is 1.40. The Morgan fingerprint density at radius 1 is 0.396 bits per heavy atom. The summed E-state index contributed by atoms with van der Waals surface area (Å²) in [6.07, 6.45) is 0. The first kappa shape index (κ1) is 28.2. The summed E-state index contributed by atoms with van der Waals surface area (Å²) in [4.78, 5) is 7.33. The summed E-state index contributed by atoms with van der Waals surface area (Å²) in [6, 6.07) is 62.1. The van der Waals surface area contributed by atoms with Crippen LogP contribution >= 0.6 is 0 Å². The molecule has 4 heteroatoms. The number of anilines is 9. The summed E-state index contributed by atoms with van der Waals surface area (Å²) in [5.41, 5.74) is 16.9. The molecule has 0 spiro atoms. The van der Waals surface area contributed by atoms with E-state index in [0.29, 0.717) is 0 Å². The van der Waals surface area contributed by atoms with Crippen LogP contribution in [0.25, 0.3) is 0 Å². The molecule has 3 nitrogen and oxygen atoms in total. The molecule has 2 aliphatic heterocycles. The first-order valence-electron chi connectivity index (χ1n) is 16.7. The number of hydrogen-bond acceptors (Lipinski definition) is 3. The van der Waals surface area contributed by atoms with Crippen molar-refractivity contribution in [2.75, 3.05) is 14.7 Å². The smallest absolute Gasteiger partial charge is 0.252 e. The molecule has 0 aliphatic carbocycles. The first-order valence-corrected chi connectivity index (χ1v) is 16.7. The van der Waals surface area contributed by atoms with E-state index in [9.17, 15) is 0 Å². The summed E-state index contributed by atoms with van der Waals surface area (Å²) >= 11 is 0. The Hall–Kier alpha value is -6.00. The van der Waals surface area contributed by atoms with Gasteiger partial charge >= 0.3 is 0 Å². The van der Waals surface area contributed by atoms with Crippen molar-refractivity contribution >= 4 is 74.3 Å². The van der Waals surface area contributed by atoms with Gasteiger partial charge in [-0.1, -0.05) is 108 Å². The van der Waals surface area contributed by atoms with Gasteiger partial charge in [-0.15, -0.1) is 0 Å². The number of aryl methyl sites for hydroxylation is 2. The maximum atomic E-state index is 2.47. The van der Waals surface area contributed by atoms with Crippen molar-refractivity contribution in [2.24, 2.45) is 0 Å². The Kier molecular flexibility index (Phi) is 6.68. The molecule has 0 saturated carbocycles. The van der Waals surface area contributed by atoms with Crippen LogP contribution in [0.5, 0.6) is 0 Å². The Morgan fingerprint density at radius 3 is 1.23 bits per heavy atom. The molecule has 0 unspecified atom stereocenters.